The maximum atomic E-state index is 12.7. The van der Waals surface area contributed by atoms with E-state index in [0.29, 0.717) is 10.8 Å². The zero-order valence-electron chi connectivity index (χ0n) is 17.1. The van der Waals surface area contributed by atoms with Gasteiger partial charge >= 0.3 is 12.0 Å². The fourth-order valence-corrected chi connectivity index (χ4v) is 3.55. The van der Waals surface area contributed by atoms with E-state index in [1.54, 1.807) is 31.2 Å². The fraction of sp³-hybridized carbons (Fsp3) is 0.476. The van der Waals surface area contributed by atoms with Crippen LogP contribution in [0.25, 0.3) is 10.8 Å². The number of benzene rings is 1. The maximum Gasteiger partial charge on any atom is 0.360 e. The fourth-order valence-electron chi connectivity index (χ4n) is 3.55. The van der Waals surface area contributed by atoms with Crippen molar-refractivity contribution in [2.45, 2.75) is 64.6 Å². The summed E-state index contributed by atoms with van der Waals surface area (Å²) in [6, 6.07) is 6.03. The van der Waals surface area contributed by atoms with Crippen molar-refractivity contribution < 1.29 is 19.1 Å². The molecular weight excluding hydrogens is 388 g/mol. The first kappa shape index (κ1) is 21.5. The Balaban J connectivity index is 1.68. The van der Waals surface area contributed by atoms with Crippen molar-refractivity contribution in [1.29, 1.82) is 0 Å². The van der Waals surface area contributed by atoms with Gasteiger partial charge in [-0.1, -0.05) is 37.5 Å². The van der Waals surface area contributed by atoms with Crippen molar-refractivity contribution in [3.05, 3.63) is 40.3 Å². The molecule has 1 aliphatic rings. The van der Waals surface area contributed by atoms with Crippen LogP contribution in [0.3, 0.4) is 0 Å². The van der Waals surface area contributed by atoms with Crippen LogP contribution in [0.1, 0.15) is 56.4 Å². The molecular formula is C21H26N4O5. The van der Waals surface area contributed by atoms with E-state index >= 15 is 0 Å². The molecule has 2 N–H and O–H groups in total. The molecule has 1 fully saturated rings. The topological polar surface area (TPSA) is 119 Å². The molecule has 0 aliphatic heterocycles. The predicted molar refractivity (Wildman–Crippen MR) is 110 cm³/mol. The number of hydrogen-bond acceptors (Lipinski definition) is 6. The third-order valence-corrected chi connectivity index (χ3v) is 5.19. The minimum absolute atomic E-state index is 0.0510. The Morgan fingerprint density at radius 2 is 1.83 bits per heavy atom. The molecule has 1 heterocycles. The second-order valence-corrected chi connectivity index (χ2v) is 7.36. The van der Waals surface area contributed by atoms with Crippen molar-refractivity contribution >= 4 is 28.7 Å². The minimum atomic E-state index is -1.21. The Labute approximate surface area is 173 Å². The Kier molecular flexibility index (Phi) is 6.81. The van der Waals surface area contributed by atoms with Gasteiger partial charge in [-0.3, -0.25) is 14.9 Å². The number of imide groups is 1. The first-order chi connectivity index (χ1) is 14.4. The molecule has 0 spiro atoms. The van der Waals surface area contributed by atoms with Crippen molar-refractivity contribution in [3.8, 4) is 0 Å². The van der Waals surface area contributed by atoms with Crippen LogP contribution in [-0.2, 0) is 16.1 Å². The smallest absolute Gasteiger partial charge is 0.360 e. The molecule has 1 saturated carbocycles. The SMILES string of the molecule is CCn1nc(C(=O)O[C@H](C)C(=O)NC(=O)NC2CCCCC2)c2ccccc2c1=O. The van der Waals surface area contributed by atoms with Gasteiger partial charge in [-0.25, -0.2) is 14.3 Å². The average Bonchev–Trinajstić information content (AvgIpc) is 2.74. The van der Waals surface area contributed by atoms with Crippen molar-refractivity contribution in [2.75, 3.05) is 0 Å². The number of carbonyl (C=O) groups is 3. The van der Waals surface area contributed by atoms with E-state index in [1.807, 2.05) is 0 Å². The largest absolute Gasteiger partial charge is 0.448 e. The van der Waals surface area contributed by atoms with Gasteiger partial charge in [0.05, 0.1) is 5.39 Å². The van der Waals surface area contributed by atoms with Gasteiger partial charge in [-0.15, -0.1) is 0 Å². The van der Waals surface area contributed by atoms with E-state index in [0.717, 1.165) is 32.1 Å². The first-order valence-electron chi connectivity index (χ1n) is 10.2. The number of amides is 3. The number of aromatic nitrogens is 2. The summed E-state index contributed by atoms with van der Waals surface area (Å²) in [6.45, 7) is 3.39. The second kappa shape index (κ2) is 9.51. The van der Waals surface area contributed by atoms with Crippen LogP contribution in [0, 0.1) is 0 Å². The van der Waals surface area contributed by atoms with Crippen LogP contribution in [0.15, 0.2) is 29.1 Å². The Bertz CT molecular complexity index is 1010. The third kappa shape index (κ3) is 4.84. The molecule has 1 aliphatic carbocycles. The first-order valence-corrected chi connectivity index (χ1v) is 10.2. The van der Waals surface area contributed by atoms with Crippen molar-refractivity contribution in [2.24, 2.45) is 0 Å². The summed E-state index contributed by atoms with van der Waals surface area (Å²) in [6.07, 6.45) is 3.81. The number of aryl methyl sites for hydroxylation is 1. The molecule has 0 saturated heterocycles. The number of rotatable bonds is 5. The number of urea groups is 1. The number of carbonyl (C=O) groups excluding carboxylic acids is 3. The summed E-state index contributed by atoms with van der Waals surface area (Å²) in [7, 11) is 0. The summed E-state index contributed by atoms with van der Waals surface area (Å²) >= 11 is 0. The van der Waals surface area contributed by atoms with Gasteiger partial charge in [0.2, 0.25) is 0 Å². The molecule has 9 heteroatoms. The van der Waals surface area contributed by atoms with E-state index in [9.17, 15) is 19.2 Å². The molecule has 0 bridgehead atoms. The van der Waals surface area contributed by atoms with Gasteiger partial charge in [-0.2, -0.15) is 5.10 Å². The van der Waals surface area contributed by atoms with E-state index in [4.69, 9.17) is 4.74 Å². The van der Waals surface area contributed by atoms with Gasteiger partial charge in [0, 0.05) is 18.0 Å². The van der Waals surface area contributed by atoms with Crippen LogP contribution >= 0.6 is 0 Å². The van der Waals surface area contributed by atoms with Gasteiger partial charge < -0.3 is 10.1 Å². The molecule has 2 aromatic rings. The van der Waals surface area contributed by atoms with E-state index in [2.05, 4.69) is 15.7 Å². The van der Waals surface area contributed by atoms with Gasteiger partial charge in [0.25, 0.3) is 11.5 Å². The van der Waals surface area contributed by atoms with Gasteiger partial charge in [0.1, 0.15) is 0 Å². The second-order valence-electron chi connectivity index (χ2n) is 7.36. The van der Waals surface area contributed by atoms with E-state index in [-0.39, 0.29) is 23.8 Å². The van der Waals surface area contributed by atoms with E-state index < -0.39 is 24.0 Å². The molecule has 3 amide bonds. The lowest BCUT2D eigenvalue weighted by Gasteiger charge is -2.23. The number of nitrogens with zero attached hydrogens (tertiary/aromatic N) is 2. The summed E-state index contributed by atoms with van der Waals surface area (Å²) in [4.78, 5) is 49.4. The van der Waals surface area contributed by atoms with Crippen LogP contribution in [-0.4, -0.2) is 39.8 Å². The lowest BCUT2D eigenvalue weighted by molar-refractivity contribution is -0.127. The third-order valence-electron chi connectivity index (χ3n) is 5.19. The van der Waals surface area contributed by atoms with Gasteiger partial charge in [0.15, 0.2) is 11.8 Å². The maximum absolute atomic E-state index is 12.7. The van der Waals surface area contributed by atoms with E-state index in [1.165, 1.54) is 11.6 Å². The normalized spacial score (nSPS) is 15.4. The Hall–Kier alpha value is -3.23. The standard InChI is InChI=1S/C21H26N4O5/c1-3-25-19(27)16-12-8-7-11-15(16)17(24-25)20(28)30-13(2)18(26)23-21(29)22-14-9-5-4-6-10-14/h7-8,11-14H,3-6,9-10H2,1-2H3,(H2,22,23,26,29)/t13-/m1/s1. The lowest BCUT2D eigenvalue weighted by Crippen LogP contribution is -2.48. The number of esters is 1. The number of hydrogen-bond donors (Lipinski definition) is 2. The molecule has 1 aromatic heterocycles. The highest BCUT2D eigenvalue weighted by Crippen LogP contribution is 2.17. The molecule has 1 aromatic carbocycles. The molecule has 1 atom stereocenters. The lowest BCUT2D eigenvalue weighted by atomic mass is 9.96. The number of nitrogens with one attached hydrogen (secondary N) is 2. The van der Waals surface area contributed by atoms with Crippen LogP contribution in [0.4, 0.5) is 4.79 Å². The van der Waals surface area contributed by atoms with Crippen molar-refractivity contribution in [3.63, 3.8) is 0 Å². The summed E-state index contributed by atoms with van der Waals surface area (Å²) in [5.74, 6) is -1.58. The van der Waals surface area contributed by atoms with Crippen molar-refractivity contribution in [1.82, 2.24) is 20.4 Å². The summed E-state index contributed by atoms with van der Waals surface area (Å²) in [5.41, 5.74) is -0.367. The molecule has 0 radical (unpaired) electrons. The Morgan fingerprint density at radius 3 is 2.50 bits per heavy atom. The molecule has 30 heavy (non-hydrogen) atoms. The zero-order valence-corrected chi connectivity index (χ0v) is 17.1. The average molecular weight is 414 g/mol. The molecule has 0 unspecified atom stereocenters. The van der Waals surface area contributed by atoms with Crippen LogP contribution < -0.4 is 16.2 Å². The molecule has 160 valence electrons. The monoisotopic (exact) mass is 414 g/mol. The number of ether oxygens (including phenoxy) is 1. The highest BCUT2D eigenvalue weighted by atomic mass is 16.5. The van der Waals surface area contributed by atoms with Crippen LogP contribution in [0.2, 0.25) is 0 Å². The molecule has 3 rings (SSSR count). The minimum Gasteiger partial charge on any atom is -0.448 e. The highest BCUT2D eigenvalue weighted by Gasteiger charge is 2.25. The number of fused-ring (bicyclic) bond motifs is 1. The van der Waals surface area contributed by atoms with Gasteiger partial charge in [-0.05, 0) is 32.8 Å². The Morgan fingerprint density at radius 1 is 1.17 bits per heavy atom. The zero-order chi connectivity index (χ0) is 21.7. The molecule has 9 nitrogen and oxygen atoms in total. The highest BCUT2D eigenvalue weighted by molar-refractivity contribution is 6.03. The summed E-state index contributed by atoms with van der Waals surface area (Å²) in [5, 5.41) is 9.76. The van der Waals surface area contributed by atoms with Crippen LogP contribution in [0.5, 0.6) is 0 Å². The predicted octanol–water partition coefficient (Wildman–Crippen LogP) is 2.12. The quantitative estimate of drug-likeness (QED) is 0.724. The summed E-state index contributed by atoms with van der Waals surface area (Å²) < 4.78 is 6.40.